The van der Waals surface area contributed by atoms with Crippen molar-refractivity contribution in [1.29, 1.82) is 0 Å². The quantitative estimate of drug-likeness (QED) is 0.535. The van der Waals surface area contributed by atoms with Crippen LogP contribution in [0.1, 0.15) is 9.67 Å². The number of hydrogen-bond donors (Lipinski definition) is 0. The number of ether oxygens (including phenoxy) is 2. The summed E-state index contributed by atoms with van der Waals surface area (Å²) in [6, 6.07) is 14.9. The van der Waals surface area contributed by atoms with Gasteiger partial charge < -0.3 is 19.3 Å². The molecule has 10 heteroatoms. The number of methoxy groups -OCH3 is 1. The standard InChI is InChI=1S/C24H27N3O5S2/c1-31-21-7-6-19(34(29,30)27-12-14-32-15-13-27)17-20(21)25-8-10-26(11-9-25)24(28)23-16-18-4-2-3-5-22(18)33-23/h2-7,16-17H,8-15H2,1H3. The molecular formula is C24H27N3O5S2. The van der Waals surface area contributed by atoms with Gasteiger partial charge in [-0.1, -0.05) is 18.2 Å². The number of benzene rings is 2. The summed E-state index contributed by atoms with van der Waals surface area (Å²) >= 11 is 1.52. The van der Waals surface area contributed by atoms with Crippen LogP contribution in [0.25, 0.3) is 10.1 Å². The molecule has 0 atom stereocenters. The molecule has 2 fully saturated rings. The van der Waals surface area contributed by atoms with Crippen molar-refractivity contribution in [1.82, 2.24) is 9.21 Å². The first-order valence-corrected chi connectivity index (χ1v) is 13.5. The van der Waals surface area contributed by atoms with Crippen LogP contribution in [0.15, 0.2) is 53.4 Å². The number of anilines is 1. The first-order chi connectivity index (χ1) is 16.5. The van der Waals surface area contributed by atoms with E-state index in [0.29, 0.717) is 58.2 Å². The number of rotatable bonds is 5. The van der Waals surface area contributed by atoms with Gasteiger partial charge in [-0.15, -0.1) is 11.3 Å². The molecular weight excluding hydrogens is 474 g/mol. The molecule has 180 valence electrons. The summed E-state index contributed by atoms with van der Waals surface area (Å²) in [7, 11) is -2.03. The van der Waals surface area contributed by atoms with Crippen LogP contribution < -0.4 is 9.64 Å². The van der Waals surface area contributed by atoms with Crippen LogP contribution in [-0.4, -0.2) is 83.1 Å². The number of carbonyl (C=O) groups is 1. The highest BCUT2D eigenvalue weighted by Crippen LogP contribution is 2.33. The first kappa shape index (κ1) is 23.1. The molecule has 1 aromatic heterocycles. The maximum absolute atomic E-state index is 13.2. The highest BCUT2D eigenvalue weighted by Gasteiger charge is 2.29. The summed E-state index contributed by atoms with van der Waals surface area (Å²) in [5.74, 6) is 0.654. The Kier molecular flexibility index (Phi) is 6.48. The fourth-order valence-electron chi connectivity index (χ4n) is 4.41. The highest BCUT2D eigenvalue weighted by molar-refractivity contribution is 7.89. The molecule has 0 radical (unpaired) electrons. The average molecular weight is 502 g/mol. The van der Waals surface area contributed by atoms with E-state index >= 15 is 0 Å². The van der Waals surface area contributed by atoms with Crippen LogP contribution in [0.3, 0.4) is 0 Å². The normalized spacial score (nSPS) is 17.8. The van der Waals surface area contributed by atoms with Gasteiger partial charge >= 0.3 is 0 Å². The molecule has 0 N–H and O–H groups in total. The van der Waals surface area contributed by atoms with Crippen molar-refractivity contribution in [3.05, 3.63) is 53.4 Å². The first-order valence-electron chi connectivity index (χ1n) is 11.3. The number of hydrogen-bond acceptors (Lipinski definition) is 7. The van der Waals surface area contributed by atoms with Crippen molar-refractivity contribution in [2.24, 2.45) is 0 Å². The maximum atomic E-state index is 13.2. The maximum Gasteiger partial charge on any atom is 0.264 e. The fraction of sp³-hybridized carbons (Fsp3) is 0.375. The van der Waals surface area contributed by atoms with Gasteiger partial charge in [-0.25, -0.2) is 8.42 Å². The zero-order valence-electron chi connectivity index (χ0n) is 19.0. The van der Waals surface area contributed by atoms with Crippen molar-refractivity contribution in [3.8, 4) is 5.75 Å². The van der Waals surface area contributed by atoms with E-state index in [2.05, 4.69) is 4.90 Å². The monoisotopic (exact) mass is 501 g/mol. The Morgan fingerprint density at radius 3 is 2.41 bits per heavy atom. The Morgan fingerprint density at radius 2 is 1.71 bits per heavy atom. The van der Waals surface area contributed by atoms with Gasteiger partial charge in [0, 0.05) is 44.0 Å². The molecule has 0 saturated carbocycles. The molecule has 34 heavy (non-hydrogen) atoms. The van der Waals surface area contributed by atoms with Gasteiger partial charge in [-0.05, 0) is 35.7 Å². The zero-order chi connectivity index (χ0) is 23.7. The minimum Gasteiger partial charge on any atom is -0.495 e. The van der Waals surface area contributed by atoms with Gasteiger partial charge in [0.1, 0.15) is 5.75 Å². The molecule has 8 nitrogen and oxygen atoms in total. The lowest BCUT2D eigenvalue weighted by Crippen LogP contribution is -2.48. The SMILES string of the molecule is COc1ccc(S(=O)(=O)N2CCOCC2)cc1N1CCN(C(=O)c2cc3ccccc3s2)CC1. The van der Waals surface area contributed by atoms with Gasteiger partial charge in [-0.2, -0.15) is 4.31 Å². The molecule has 3 heterocycles. The van der Waals surface area contributed by atoms with Gasteiger partial charge in [-0.3, -0.25) is 4.79 Å². The lowest BCUT2D eigenvalue weighted by Gasteiger charge is -2.36. The number of sulfonamides is 1. The number of carbonyl (C=O) groups excluding carboxylic acids is 1. The third kappa shape index (κ3) is 4.38. The van der Waals surface area contributed by atoms with E-state index in [-0.39, 0.29) is 10.8 Å². The largest absolute Gasteiger partial charge is 0.495 e. The van der Waals surface area contributed by atoms with Gasteiger partial charge in [0.05, 0.1) is 35.8 Å². The van der Waals surface area contributed by atoms with Crippen molar-refractivity contribution < 1.29 is 22.7 Å². The predicted octanol–water partition coefficient (Wildman–Crippen LogP) is 2.89. The third-order valence-electron chi connectivity index (χ3n) is 6.30. The van der Waals surface area contributed by atoms with E-state index in [1.807, 2.05) is 35.2 Å². The molecule has 0 bridgehead atoms. The molecule has 2 aromatic carbocycles. The van der Waals surface area contributed by atoms with E-state index in [9.17, 15) is 13.2 Å². The topological polar surface area (TPSA) is 79.4 Å². The van der Waals surface area contributed by atoms with E-state index in [4.69, 9.17) is 9.47 Å². The van der Waals surface area contributed by atoms with E-state index < -0.39 is 10.0 Å². The predicted molar refractivity (Wildman–Crippen MR) is 133 cm³/mol. The number of piperazine rings is 1. The summed E-state index contributed by atoms with van der Waals surface area (Å²) in [4.78, 5) is 18.0. The van der Waals surface area contributed by atoms with Crippen LogP contribution in [0, 0.1) is 0 Å². The van der Waals surface area contributed by atoms with Crippen LogP contribution in [0.2, 0.25) is 0 Å². The average Bonchev–Trinajstić information content (AvgIpc) is 3.33. The number of nitrogens with zero attached hydrogens (tertiary/aromatic N) is 3. The van der Waals surface area contributed by atoms with Gasteiger partial charge in [0.15, 0.2) is 0 Å². The summed E-state index contributed by atoms with van der Waals surface area (Å²) in [6.45, 7) is 3.79. The second-order valence-electron chi connectivity index (χ2n) is 8.28. The van der Waals surface area contributed by atoms with E-state index in [0.717, 1.165) is 20.7 Å². The molecule has 2 aliphatic rings. The van der Waals surface area contributed by atoms with Crippen molar-refractivity contribution in [3.63, 3.8) is 0 Å². The summed E-state index contributed by atoms with van der Waals surface area (Å²) in [6.07, 6.45) is 0. The molecule has 0 spiro atoms. The van der Waals surface area contributed by atoms with Crippen molar-refractivity contribution in [2.45, 2.75) is 4.90 Å². The highest BCUT2D eigenvalue weighted by atomic mass is 32.2. The minimum absolute atomic E-state index is 0.0384. The van der Waals surface area contributed by atoms with Crippen LogP contribution >= 0.6 is 11.3 Å². The molecule has 1 amide bonds. The molecule has 3 aromatic rings. The van der Waals surface area contributed by atoms with Crippen molar-refractivity contribution >= 4 is 43.0 Å². The van der Waals surface area contributed by atoms with E-state index in [1.165, 1.54) is 15.6 Å². The summed E-state index contributed by atoms with van der Waals surface area (Å²) < 4.78 is 39.7. The second kappa shape index (κ2) is 9.53. The lowest BCUT2D eigenvalue weighted by atomic mass is 10.2. The molecule has 0 aliphatic carbocycles. The Hall–Kier alpha value is -2.66. The molecule has 0 unspecified atom stereocenters. The Morgan fingerprint density at radius 1 is 0.971 bits per heavy atom. The lowest BCUT2D eigenvalue weighted by molar-refractivity contribution is 0.0730. The number of thiophene rings is 1. The van der Waals surface area contributed by atoms with Gasteiger partial charge in [0.25, 0.3) is 5.91 Å². The molecule has 5 rings (SSSR count). The molecule has 2 saturated heterocycles. The minimum atomic E-state index is -3.61. The van der Waals surface area contributed by atoms with Gasteiger partial charge in [0.2, 0.25) is 10.0 Å². The summed E-state index contributed by atoms with van der Waals surface area (Å²) in [5, 5.41) is 1.08. The second-order valence-corrected chi connectivity index (χ2v) is 11.3. The summed E-state index contributed by atoms with van der Waals surface area (Å²) in [5.41, 5.74) is 0.728. The van der Waals surface area contributed by atoms with Crippen molar-refractivity contribution in [2.75, 3.05) is 64.5 Å². The van der Waals surface area contributed by atoms with Crippen LogP contribution in [-0.2, 0) is 14.8 Å². The number of amides is 1. The van der Waals surface area contributed by atoms with Crippen LogP contribution in [0.4, 0.5) is 5.69 Å². The number of fused-ring (bicyclic) bond motifs is 1. The van der Waals surface area contributed by atoms with E-state index in [1.54, 1.807) is 25.3 Å². The molecule has 2 aliphatic heterocycles. The fourth-order valence-corrected chi connectivity index (χ4v) is 6.87. The number of morpholine rings is 1. The Labute approximate surface area is 203 Å². The Balaban J connectivity index is 1.32. The third-order valence-corrected chi connectivity index (χ3v) is 9.30. The zero-order valence-corrected chi connectivity index (χ0v) is 20.6. The van der Waals surface area contributed by atoms with Crippen LogP contribution in [0.5, 0.6) is 5.75 Å². The smallest absolute Gasteiger partial charge is 0.264 e. The Bertz CT molecular complexity index is 1260.